The van der Waals surface area contributed by atoms with E-state index in [0.717, 1.165) is 35.5 Å². The second kappa shape index (κ2) is 8.55. The molecule has 0 saturated carbocycles. The van der Waals surface area contributed by atoms with Crippen molar-refractivity contribution in [2.75, 3.05) is 12.3 Å². The van der Waals surface area contributed by atoms with E-state index in [9.17, 15) is 4.79 Å². The van der Waals surface area contributed by atoms with E-state index < -0.39 is 0 Å². The van der Waals surface area contributed by atoms with E-state index in [2.05, 4.69) is 27.4 Å². The van der Waals surface area contributed by atoms with Crippen LogP contribution in [0.2, 0.25) is 0 Å². The lowest BCUT2D eigenvalue weighted by molar-refractivity contribution is -0.121. The molecule has 3 aromatic rings. The molecule has 4 nitrogen and oxygen atoms in total. The predicted octanol–water partition coefficient (Wildman–Crippen LogP) is 3.79. The molecule has 0 spiro atoms. The first-order valence-corrected chi connectivity index (χ1v) is 9.18. The van der Waals surface area contributed by atoms with Crippen molar-refractivity contribution in [3.8, 4) is 0 Å². The molecule has 0 aliphatic heterocycles. The number of hydrogen-bond acceptors (Lipinski definition) is 3. The average Bonchev–Trinajstić information content (AvgIpc) is 3.02. The number of thioether (sulfide) groups is 1. The molecule has 1 aromatic heterocycles. The first kappa shape index (κ1) is 16.6. The normalized spacial score (nSPS) is 10.8. The minimum absolute atomic E-state index is 0.111. The lowest BCUT2D eigenvalue weighted by atomic mass is 10.3. The van der Waals surface area contributed by atoms with Crippen molar-refractivity contribution in [1.29, 1.82) is 0 Å². The van der Waals surface area contributed by atoms with E-state index in [1.807, 2.05) is 42.5 Å². The molecule has 0 fully saturated rings. The van der Waals surface area contributed by atoms with Crippen molar-refractivity contribution in [2.24, 2.45) is 0 Å². The highest BCUT2D eigenvalue weighted by atomic mass is 32.2. The molecule has 0 atom stereocenters. The summed E-state index contributed by atoms with van der Waals surface area (Å²) in [6.45, 7) is 0.616. The number of benzene rings is 2. The summed E-state index contributed by atoms with van der Waals surface area (Å²) in [5.74, 6) is 1.98. The highest BCUT2D eigenvalue weighted by Gasteiger charge is 2.04. The lowest BCUT2D eigenvalue weighted by Gasteiger charge is -2.04. The Hall–Kier alpha value is -2.27. The molecular weight excluding hydrogens is 318 g/mol. The Morgan fingerprint density at radius 2 is 1.88 bits per heavy atom. The molecule has 0 aliphatic carbocycles. The van der Waals surface area contributed by atoms with Gasteiger partial charge in [-0.05, 0) is 36.4 Å². The van der Waals surface area contributed by atoms with Crippen LogP contribution in [0.25, 0.3) is 11.0 Å². The van der Waals surface area contributed by atoms with Gasteiger partial charge in [0, 0.05) is 24.3 Å². The van der Waals surface area contributed by atoms with Crippen LogP contribution in [-0.4, -0.2) is 28.2 Å². The number of fused-ring (bicyclic) bond motifs is 1. The second-order valence-corrected chi connectivity index (χ2v) is 6.73. The summed E-state index contributed by atoms with van der Waals surface area (Å²) in [6, 6.07) is 18.2. The standard InChI is InChI=1S/C19H21N3OS/c23-19(11-6-14-24-15-7-2-1-3-8-15)20-13-12-18-21-16-9-4-5-10-17(16)22-18/h1-5,7-10H,6,11-14H2,(H,20,23)(H,21,22). The maximum atomic E-state index is 11.9. The molecule has 3 rings (SSSR count). The molecule has 5 heteroatoms. The maximum absolute atomic E-state index is 11.9. The van der Waals surface area contributed by atoms with Gasteiger partial charge in [0.05, 0.1) is 11.0 Å². The summed E-state index contributed by atoms with van der Waals surface area (Å²) in [5, 5.41) is 2.97. The van der Waals surface area contributed by atoms with Gasteiger partial charge in [-0.15, -0.1) is 11.8 Å². The maximum Gasteiger partial charge on any atom is 0.220 e. The molecule has 0 aliphatic rings. The molecule has 0 radical (unpaired) electrons. The Kier molecular flexibility index (Phi) is 5.90. The van der Waals surface area contributed by atoms with Crippen LogP contribution in [-0.2, 0) is 11.2 Å². The van der Waals surface area contributed by atoms with E-state index in [1.54, 1.807) is 11.8 Å². The van der Waals surface area contributed by atoms with Gasteiger partial charge >= 0.3 is 0 Å². The minimum Gasteiger partial charge on any atom is -0.356 e. The van der Waals surface area contributed by atoms with Gasteiger partial charge in [-0.25, -0.2) is 4.98 Å². The molecule has 2 N–H and O–H groups in total. The number of aromatic nitrogens is 2. The van der Waals surface area contributed by atoms with E-state index in [-0.39, 0.29) is 5.91 Å². The second-order valence-electron chi connectivity index (χ2n) is 5.57. The molecule has 0 unspecified atom stereocenters. The number of H-pyrrole nitrogens is 1. The fourth-order valence-electron chi connectivity index (χ4n) is 2.47. The van der Waals surface area contributed by atoms with Crippen molar-refractivity contribution in [1.82, 2.24) is 15.3 Å². The highest BCUT2D eigenvalue weighted by Crippen LogP contribution is 2.18. The summed E-state index contributed by atoms with van der Waals surface area (Å²) in [7, 11) is 0. The number of imidazole rings is 1. The van der Waals surface area contributed by atoms with Gasteiger partial charge in [-0.3, -0.25) is 4.79 Å². The van der Waals surface area contributed by atoms with E-state index in [4.69, 9.17) is 0 Å². The lowest BCUT2D eigenvalue weighted by Crippen LogP contribution is -2.25. The molecule has 24 heavy (non-hydrogen) atoms. The Labute approximate surface area is 146 Å². The van der Waals surface area contributed by atoms with Gasteiger partial charge in [-0.1, -0.05) is 30.3 Å². The third kappa shape index (κ3) is 4.86. The third-order valence-corrected chi connectivity index (χ3v) is 4.78. The topological polar surface area (TPSA) is 57.8 Å². The van der Waals surface area contributed by atoms with Crippen molar-refractivity contribution in [3.63, 3.8) is 0 Å². The van der Waals surface area contributed by atoms with E-state index in [1.165, 1.54) is 4.90 Å². The first-order valence-electron chi connectivity index (χ1n) is 8.19. The average molecular weight is 339 g/mol. The number of amides is 1. The molecule has 124 valence electrons. The zero-order valence-electron chi connectivity index (χ0n) is 13.5. The van der Waals surface area contributed by atoms with Gasteiger partial charge in [0.15, 0.2) is 0 Å². The summed E-state index contributed by atoms with van der Waals surface area (Å²) in [5.41, 5.74) is 2.01. The number of rotatable bonds is 8. The van der Waals surface area contributed by atoms with Gasteiger partial charge in [-0.2, -0.15) is 0 Å². The number of aromatic amines is 1. The fraction of sp³-hybridized carbons (Fsp3) is 0.263. The Bertz CT molecular complexity index is 752. The van der Waals surface area contributed by atoms with Crippen LogP contribution in [0.5, 0.6) is 0 Å². The molecule has 1 heterocycles. The van der Waals surface area contributed by atoms with Gasteiger partial charge in [0.1, 0.15) is 5.82 Å². The van der Waals surface area contributed by atoms with Crippen LogP contribution < -0.4 is 5.32 Å². The van der Waals surface area contributed by atoms with Crippen LogP contribution in [0.3, 0.4) is 0 Å². The van der Waals surface area contributed by atoms with Crippen LogP contribution in [0, 0.1) is 0 Å². The van der Waals surface area contributed by atoms with Gasteiger partial charge in [0.2, 0.25) is 5.91 Å². The number of nitrogens with zero attached hydrogens (tertiary/aromatic N) is 1. The Balaban J connectivity index is 1.32. The van der Waals surface area contributed by atoms with Gasteiger partial charge in [0.25, 0.3) is 0 Å². The first-order chi connectivity index (χ1) is 11.8. The molecule has 0 bridgehead atoms. The third-order valence-electron chi connectivity index (χ3n) is 3.68. The summed E-state index contributed by atoms with van der Waals surface area (Å²) in [4.78, 5) is 20.9. The molecular formula is C19H21N3OS. The number of para-hydroxylation sites is 2. The zero-order chi connectivity index (χ0) is 16.6. The van der Waals surface area contributed by atoms with Crippen molar-refractivity contribution in [3.05, 3.63) is 60.4 Å². The van der Waals surface area contributed by atoms with Gasteiger partial charge < -0.3 is 10.3 Å². The zero-order valence-corrected chi connectivity index (χ0v) is 14.3. The molecule has 1 amide bonds. The SMILES string of the molecule is O=C(CCCSc1ccccc1)NCCc1nc2ccccc2[nH]1. The largest absolute Gasteiger partial charge is 0.356 e. The van der Waals surface area contributed by atoms with Crippen LogP contribution >= 0.6 is 11.8 Å². The van der Waals surface area contributed by atoms with E-state index >= 15 is 0 Å². The summed E-state index contributed by atoms with van der Waals surface area (Å²) < 4.78 is 0. The van der Waals surface area contributed by atoms with Crippen LogP contribution in [0.4, 0.5) is 0 Å². The monoisotopic (exact) mass is 339 g/mol. The number of carbonyl (C=O) groups is 1. The molecule has 0 saturated heterocycles. The highest BCUT2D eigenvalue weighted by molar-refractivity contribution is 7.99. The van der Waals surface area contributed by atoms with Crippen molar-refractivity contribution >= 4 is 28.7 Å². The summed E-state index contributed by atoms with van der Waals surface area (Å²) in [6.07, 6.45) is 2.18. The minimum atomic E-state index is 0.111. The van der Waals surface area contributed by atoms with Crippen molar-refractivity contribution in [2.45, 2.75) is 24.2 Å². The van der Waals surface area contributed by atoms with E-state index in [0.29, 0.717) is 13.0 Å². The van der Waals surface area contributed by atoms with Crippen LogP contribution in [0.15, 0.2) is 59.5 Å². The Morgan fingerprint density at radius 3 is 2.71 bits per heavy atom. The number of carbonyl (C=O) groups excluding carboxylic acids is 1. The number of nitrogens with one attached hydrogen (secondary N) is 2. The Morgan fingerprint density at radius 1 is 1.08 bits per heavy atom. The van der Waals surface area contributed by atoms with Crippen molar-refractivity contribution < 1.29 is 4.79 Å². The smallest absolute Gasteiger partial charge is 0.220 e. The predicted molar refractivity (Wildman–Crippen MR) is 99.2 cm³/mol. The summed E-state index contributed by atoms with van der Waals surface area (Å²) >= 11 is 1.79. The molecule has 2 aromatic carbocycles. The number of hydrogen-bond donors (Lipinski definition) is 2. The fourth-order valence-corrected chi connectivity index (χ4v) is 3.35. The van der Waals surface area contributed by atoms with Crippen LogP contribution in [0.1, 0.15) is 18.7 Å². The quantitative estimate of drug-likeness (QED) is 0.485.